The summed E-state index contributed by atoms with van der Waals surface area (Å²) in [6.07, 6.45) is 6.33. The van der Waals surface area contributed by atoms with Crippen LogP contribution in [0.3, 0.4) is 0 Å². The molecule has 1 spiro atoms. The van der Waals surface area contributed by atoms with E-state index in [0.29, 0.717) is 0 Å². The van der Waals surface area contributed by atoms with E-state index < -0.39 is 0 Å². The molecule has 4 nitrogen and oxygen atoms in total. The molecule has 104 valence electrons. The van der Waals surface area contributed by atoms with Crippen molar-refractivity contribution in [3.63, 3.8) is 0 Å². The lowest BCUT2D eigenvalue weighted by Crippen LogP contribution is -2.56. The van der Waals surface area contributed by atoms with Gasteiger partial charge in [-0.2, -0.15) is 0 Å². The van der Waals surface area contributed by atoms with Gasteiger partial charge in [0.1, 0.15) is 5.60 Å². The second-order valence-corrected chi connectivity index (χ2v) is 5.83. The topological polar surface area (TPSA) is 45.6 Å². The zero-order chi connectivity index (χ0) is 13.3. The number of pyridine rings is 1. The fourth-order valence-corrected chi connectivity index (χ4v) is 3.29. The second kappa shape index (κ2) is 5.19. The van der Waals surface area contributed by atoms with Gasteiger partial charge in [-0.1, -0.05) is 0 Å². The van der Waals surface area contributed by atoms with Gasteiger partial charge >= 0.3 is 0 Å². The van der Waals surface area contributed by atoms with Crippen molar-refractivity contribution in [3.8, 4) is 0 Å². The number of piperidine rings is 1. The Hall–Kier alpha value is -0.970. The van der Waals surface area contributed by atoms with Crippen molar-refractivity contribution in [2.45, 2.75) is 44.4 Å². The summed E-state index contributed by atoms with van der Waals surface area (Å²) < 4.78 is 5.89. The quantitative estimate of drug-likeness (QED) is 0.877. The van der Waals surface area contributed by atoms with Crippen LogP contribution in [0.1, 0.15) is 30.4 Å². The molecule has 1 N–H and O–H groups in total. The van der Waals surface area contributed by atoms with Crippen LogP contribution in [0.4, 0.5) is 0 Å². The Balaban J connectivity index is 1.71. The molecule has 0 aliphatic carbocycles. The first-order chi connectivity index (χ1) is 9.20. The van der Waals surface area contributed by atoms with Crippen molar-refractivity contribution in [1.29, 1.82) is 0 Å². The second-order valence-electron chi connectivity index (χ2n) is 5.83. The van der Waals surface area contributed by atoms with Gasteiger partial charge in [-0.15, -0.1) is 0 Å². The highest BCUT2D eigenvalue weighted by Crippen LogP contribution is 2.35. The number of hydrogen-bond donors (Lipinski definition) is 1. The number of aromatic nitrogens is 1. The van der Waals surface area contributed by atoms with E-state index in [1.54, 1.807) is 0 Å². The Kier molecular flexibility index (Phi) is 3.56. The van der Waals surface area contributed by atoms with Gasteiger partial charge in [-0.05, 0) is 43.4 Å². The predicted octanol–water partition coefficient (Wildman–Crippen LogP) is 1.51. The minimum absolute atomic E-state index is 0.301. The number of aliphatic hydroxyl groups is 1. The van der Waals surface area contributed by atoms with E-state index in [-0.39, 0.29) is 11.7 Å². The van der Waals surface area contributed by atoms with Crippen LogP contribution in [0, 0.1) is 6.92 Å². The zero-order valence-corrected chi connectivity index (χ0v) is 11.5. The average molecular weight is 262 g/mol. The van der Waals surface area contributed by atoms with Crippen LogP contribution in [-0.2, 0) is 11.3 Å². The molecule has 1 aromatic rings. The van der Waals surface area contributed by atoms with E-state index in [1.807, 2.05) is 12.4 Å². The number of aliphatic hydroxyl groups excluding tert-OH is 1. The molecular formula is C15H22N2O2. The summed E-state index contributed by atoms with van der Waals surface area (Å²) in [5, 5.41) is 10.2. The summed E-state index contributed by atoms with van der Waals surface area (Å²) in [6, 6.07) is 2.09. The molecule has 1 aromatic heterocycles. The summed E-state index contributed by atoms with van der Waals surface area (Å²) in [4.78, 5) is 6.54. The lowest BCUT2D eigenvalue weighted by Gasteiger charge is -2.43. The van der Waals surface area contributed by atoms with Crippen molar-refractivity contribution in [2.75, 3.05) is 19.7 Å². The summed E-state index contributed by atoms with van der Waals surface area (Å²) in [5.74, 6) is 0. The van der Waals surface area contributed by atoms with E-state index in [9.17, 15) is 5.11 Å². The Labute approximate surface area is 114 Å². The maximum atomic E-state index is 10.2. The van der Waals surface area contributed by atoms with Gasteiger partial charge in [-0.3, -0.25) is 9.88 Å². The van der Waals surface area contributed by atoms with Crippen LogP contribution in [-0.4, -0.2) is 46.4 Å². The van der Waals surface area contributed by atoms with Crippen molar-refractivity contribution in [2.24, 2.45) is 0 Å². The van der Waals surface area contributed by atoms with E-state index in [4.69, 9.17) is 4.74 Å². The van der Waals surface area contributed by atoms with E-state index >= 15 is 0 Å². The number of hydrogen-bond acceptors (Lipinski definition) is 4. The molecule has 2 fully saturated rings. The largest absolute Gasteiger partial charge is 0.390 e. The number of aryl methyl sites for hydroxylation is 1. The molecule has 2 saturated heterocycles. The molecule has 0 aromatic carbocycles. The van der Waals surface area contributed by atoms with Crippen molar-refractivity contribution < 1.29 is 9.84 Å². The van der Waals surface area contributed by atoms with Gasteiger partial charge in [-0.25, -0.2) is 0 Å². The van der Waals surface area contributed by atoms with E-state index in [1.165, 1.54) is 11.1 Å². The van der Waals surface area contributed by atoms with Crippen LogP contribution in [0.2, 0.25) is 0 Å². The third kappa shape index (κ3) is 2.53. The van der Waals surface area contributed by atoms with Crippen molar-refractivity contribution in [1.82, 2.24) is 9.88 Å². The smallest absolute Gasteiger partial charge is 0.107 e. The molecule has 0 saturated carbocycles. The lowest BCUT2D eigenvalue weighted by atomic mass is 9.87. The van der Waals surface area contributed by atoms with Crippen LogP contribution < -0.4 is 0 Å². The summed E-state index contributed by atoms with van der Waals surface area (Å²) in [5.41, 5.74) is 2.24. The fourth-order valence-electron chi connectivity index (χ4n) is 3.29. The van der Waals surface area contributed by atoms with Gasteiger partial charge in [0.25, 0.3) is 0 Å². The first-order valence-electron chi connectivity index (χ1n) is 7.13. The standard InChI is InChI=1S/C15H22N2O2/c1-12-9-16-6-3-13(12)10-17-7-4-14(18)15(11-17)5-2-8-19-15/h3,6,9,14,18H,2,4-5,7-8,10-11H2,1H3/t14-,15-/m0/s1. The van der Waals surface area contributed by atoms with Crippen molar-refractivity contribution >= 4 is 0 Å². The maximum Gasteiger partial charge on any atom is 0.107 e. The highest BCUT2D eigenvalue weighted by molar-refractivity contribution is 5.21. The van der Waals surface area contributed by atoms with Crippen LogP contribution in [0.15, 0.2) is 18.5 Å². The molecule has 4 heteroatoms. The highest BCUT2D eigenvalue weighted by Gasteiger charge is 2.45. The molecule has 2 aliphatic rings. The van der Waals surface area contributed by atoms with Gasteiger partial charge in [0.2, 0.25) is 0 Å². The van der Waals surface area contributed by atoms with Gasteiger partial charge in [0.05, 0.1) is 6.10 Å². The molecule has 0 unspecified atom stereocenters. The van der Waals surface area contributed by atoms with Gasteiger partial charge < -0.3 is 9.84 Å². The molecule has 2 atom stereocenters. The SMILES string of the molecule is Cc1cnccc1CN1CC[C@H](O)[C@]2(CCCO2)C1. The van der Waals surface area contributed by atoms with E-state index in [0.717, 1.165) is 45.5 Å². The molecule has 3 rings (SSSR count). The fraction of sp³-hybridized carbons (Fsp3) is 0.667. The Morgan fingerprint density at radius 1 is 1.58 bits per heavy atom. The van der Waals surface area contributed by atoms with Gasteiger partial charge in [0, 0.05) is 38.6 Å². The summed E-state index contributed by atoms with van der Waals surface area (Å²) in [6.45, 7) is 5.60. The number of rotatable bonds is 2. The molecule has 2 aliphatic heterocycles. The predicted molar refractivity (Wildman–Crippen MR) is 72.8 cm³/mol. The molecule has 0 bridgehead atoms. The van der Waals surface area contributed by atoms with Crippen LogP contribution in [0.25, 0.3) is 0 Å². The Morgan fingerprint density at radius 2 is 2.47 bits per heavy atom. The Morgan fingerprint density at radius 3 is 3.21 bits per heavy atom. The minimum atomic E-state index is -0.306. The minimum Gasteiger partial charge on any atom is -0.390 e. The maximum absolute atomic E-state index is 10.2. The molecule has 3 heterocycles. The first kappa shape index (κ1) is 13.0. The first-order valence-corrected chi connectivity index (χ1v) is 7.13. The third-order valence-corrected chi connectivity index (χ3v) is 4.48. The number of likely N-dealkylation sites (tertiary alicyclic amines) is 1. The van der Waals surface area contributed by atoms with Crippen molar-refractivity contribution in [3.05, 3.63) is 29.6 Å². The highest BCUT2D eigenvalue weighted by atomic mass is 16.5. The molecule has 0 amide bonds. The Bertz CT molecular complexity index is 444. The average Bonchev–Trinajstić information content (AvgIpc) is 2.86. The monoisotopic (exact) mass is 262 g/mol. The van der Waals surface area contributed by atoms with Gasteiger partial charge in [0.15, 0.2) is 0 Å². The molecular weight excluding hydrogens is 240 g/mol. The number of nitrogens with zero attached hydrogens (tertiary/aromatic N) is 2. The number of ether oxygens (including phenoxy) is 1. The normalized spacial score (nSPS) is 32.0. The lowest BCUT2D eigenvalue weighted by molar-refractivity contribution is -0.132. The summed E-state index contributed by atoms with van der Waals surface area (Å²) in [7, 11) is 0. The van der Waals surface area contributed by atoms with E-state index in [2.05, 4.69) is 22.9 Å². The van der Waals surface area contributed by atoms with Crippen LogP contribution >= 0.6 is 0 Å². The molecule has 19 heavy (non-hydrogen) atoms. The zero-order valence-electron chi connectivity index (χ0n) is 11.5. The third-order valence-electron chi connectivity index (χ3n) is 4.48. The summed E-state index contributed by atoms with van der Waals surface area (Å²) >= 11 is 0. The molecule has 0 radical (unpaired) electrons. The van der Waals surface area contributed by atoms with Crippen LogP contribution in [0.5, 0.6) is 0 Å².